The lowest BCUT2D eigenvalue weighted by Gasteiger charge is -2.06. The number of hydrogen-bond acceptors (Lipinski definition) is 3. The van der Waals surface area contributed by atoms with Gasteiger partial charge in [-0.05, 0) is 17.7 Å². The minimum Gasteiger partial charge on any atom is -0.395 e. The van der Waals surface area contributed by atoms with Crippen molar-refractivity contribution in [2.24, 2.45) is 0 Å². The van der Waals surface area contributed by atoms with E-state index in [9.17, 15) is 4.79 Å². The predicted octanol–water partition coefficient (Wildman–Crippen LogP) is 0.350. The second-order valence-electron chi connectivity index (χ2n) is 3.15. The van der Waals surface area contributed by atoms with Crippen LogP contribution in [0, 0.1) is 11.3 Å². The Bertz CT molecular complexity index is 398. The molecule has 0 radical (unpaired) electrons. The zero-order valence-corrected chi connectivity index (χ0v) is 8.73. The molecular weight excluding hydrogens is 206 g/mol. The largest absolute Gasteiger partial charge is 0.395 e. The molecular formula is C11H13N3O2. The molecule has 0 aliphatic heterocycles. The first-order valence-corrected chi connectivity index (χ1v) is 4.88. The third-order valence-corrected chi connectivity index (χ3v) is 1.91. The fourth-order valence-corrected chi connectivity index (χ4v) is 1.17. The fourth-order valence-electron chi connectivity index (χ4n) is 1.17. The maximum Gasteiger partial charge on any atom is 0.315 e. The monoisotopic (exact) mass is 219 g/mol. The van der Waals surface area contributed by atoms with Crippen LogP contribution < -0.4 is 10.6 Å². The number of carbonyl (C=O) groups excluding carboxylic acids is 1. The van der Waals surface area contributed by atoms with Crippen molar-refractivity contribution in [1.82, 2.24) is 10.6 Å². The molecule has 5 nitrogen and oxygen atoms in total. The molecule has 0 aromatic heterocycles. The molecule has 0 aliphatic rings. The van der Waals surface area contributed by atoms with Crippen molar-refractivity contribution >= 4 is 6.03 Å². The van der Waals surface area contributed by atoms with Gasteiger partial charge in [0.1, 0.15) is 0 Å². The van der Waals surface area contributed by atoms with Gasteiger partial charge < -0.3 is 15.7 Å². The van der Waals surface area contributed by atoms with Gasteiger partial charge in [-0.3, -0.25) is 0 Å². The number of amides is 2. The Labute approximate surface area is 93.7 Å². The molecule has 0 saturated heterocycles. The lowest BCUT2D eigenvalue weighted by atomic mass is 10.1. The second-order valence-corrected chi connectivity index (χ2v) is 3.15. The average molecular weight is 219 g/mol. The summed E-state index contributed by atoms with van der Waals surface area (Å²) in [5.74, 6) is 0. The molecule has 5 heteroatoms. The van der Waals surface area contributed by atoms with E-state index < -0.39 is 0 Å². The summed E-state index contributed by atoms with van der Waals surface area (Å²) in [4.78, 5) is 11.1. The van der Waals surface area contributed by atoms with Gasteiger partial charge in [-0.15, -0.1) is 0 Å². The summed E-state index contributed by atoms with van der Waals surface area (Å²) in [6, 6.07) is 8.70. The second kappa shape index (κ2) is 6.43. The van der Waals surface area contributed by atoms with Crippen molar-refractivity contribution in [3.05, 3.63) is 35.4 Å². The summed E-state index contributed by atoms with van der Waals surface area (Å²) in [7, 11) is 0. The SMILES string of the molecule is N#Cc1cccc(CNC(=O)NCCO)c1. The van der Waals surface area contributed by atoms with Crippen molar-refractivity contribution in [3.63, 3.8) is 0 Å². The van der Waals surface area contributed by atoms with E-state index in [2.05, 4.69) is 10.6 Å². The molecule has 16 heavy (non-hydrogen) atoms. The van der Waals surface area contributed by atoms with E-state index in [1.54, 1.807) is 18.2 Å². The number of benzene rings is 1. The molecule has 0 saturated carbocycles. The molecule has 1 aromatic rings. The number of hydrogen-bond donors (Lipinski definition) is 3. The van der Waals surface area contributed by atoms with Crippen molar-refractivity contribution in [2.45, 2.75) is 6.54 Å². The molecule has 0 bridgehead atoms. The highest BCUT2D eigenvalue weighted by atomic mass is 16.3. The van der Waals surface area contributed by atoms with Gasteiger partial charge in [-0.1, -0.05) is 12.1 Å². The van der Waals surface area contributed by atoms with Gasteiger partial charge in [0.15, 0.2) is 0 Å². The number of carbonyl (C=O) groups is 1. The van der Waals surface area contributed by atoms with Crippen LogP contribution in [-0.2, 0) is 6.54 Å². The van der Waals surface area contributed by atoms with E-state index >= 15 is 0 Å². The molecule has 3 N–H and O–H groups in total. The van der Waals surface area contributed by atoms with E-state index in [-0.39, 0.29) is 19.2 Å². The van der Waals surface area contributed by atoms with Crippen LogP contribution in [-0.4, -0.2) is 24.3 Å². The van der Waals surface area contributed by atoms with Crippen LogP contribution in [0.3, 0.4) is 0 Å². The maximum absolute atomic E-state index is 11.1. The highest BCUT2D eigenvalue weighted by Gasteiger charge is 1.99. The molecule has 0 heterocycles. The highest BCUT2D eigenvalue weighted by Crippen LogP contribution is 2.03. The topological polar surface area (TPSA) is 85.2 Å². The fraction of sp³-hybridized carbons (Fsp3) is 0.273. The molecule has 0 aliphatic carbocycles. The number of aliphatic hydroxyl groups excluding tert-OH is 1. The number of nitriles is 1. The zero-order chi connectivity index (χ0) is 11.8. The van der Waals surface area contributed by atoms with Crippen LogP contribution in [0.5, 0.6) is 0 Å². The molecule has 0 atom stereocenters. The van der Waals surface area contributed by atoms with Gasteiger partial charge in [0.05, 0.1) is 18.2 Å². The lowest BCUT2D eigenvalue weighted by molar-refractivity contribution is 0.234. The number of rotatable bonds is 4. The molecule has 1 rings (SSSR count). The Morgan fingerprint density at radius 1 is 1.44 bits per heavy atom. The molecule has 1 aromatic carbocycles. The average Bonchev–Trinajstić information content (AvgIpc) is 2.34. The van der Waals surface area contributed by atoms with E-state index in [0.29, 0.717) is 12.1 Å². The van der Waals surface area contributed by atoms with Crippen molar-refractivity contribution in [3.8, 4) is 6.07 Å². The zero-order valence-electron chi connectivity index (χ0n) is 8.73. The van der Waals surface area contributed by atoms with E-state index in [4.69, 9.17) is 10.4 Å². The molecule has 0 spiro atoms. The van der Waals surface area contributed by atoms with Crippen molar-refractivity contribution in [2.75, 3.05) is 13.2 Å². The first kappa shape index (κ1) is 12.0. The minimum absolute atomic E-state index is 0.0860. The first-order chi connectivity index (χ1) is 7.76. The van der Waals surface area contributed by atoms with Gasteiger partial charge in [0.2, 0.25) is 0 Å². The van der Waals surface area contributed by atoms with Crippen molar-refractivity contribution < 1.29 is 9.90 Å². The van der Waals surface area contributed by atoms with Gasteiger partial charge in [-0.2, -0.15) is 5.26 Å². The Balaban J connectivity index is 2.42. The van der Waals surface area contributed by atoms with Crippen LogP contribution in [0.2, 0.25) is 0 Å². The lowest BCUT2D eigenvalue weighted by Crippen LogP contribution is -2.36. The van der Waals surface area contributed by atoms with Crippen molar-refractivity contribution in [1.29, 1.82) is 5.26 Å². The van der Waals surface area contributed by atoms with E-state index in [0.717, 1.165) is 5.56 Å². The number of nitrogens with zero attached hydrogens (tertiary/aromatic N) is 1. The Morgan fingerprint density at radius 2 is 2.25 bits per heavy atom. The standard InChI is InChI=1S/C11H13N3O2/c12-7-9-2-1-3-10(6-9)8-14-11(16)13-4-5-15/h1-3,6,15H,4-5,8H2,(H2,13,14,16). The summed E-state index contributed by atoms with van der Waals surface area (Å²) in [6.45, 7) is 0.494. The highest BCUT2D eigenvalue weighted by molar-refractivity contribution is 5.73. The molecule has 0 fully saturated rings. The molecule has 2 amide bonds. The summed E-state index contributed by atoms with van der Waals surface area (Å²) in [6.07, 6.45) is 0. The summed E-state index contributed by atoms with van der Waals surface area (Å²) >= 11 is 0. The third-order valence-electron chi connectivity index (χ3n) is 1.91. The predicted molar refractivity (Wildman–Crippen MR) is 58.5 cm³/mol. The number of aliphatic hydroxyl groups is 1. The van der Waals surface area contributed by atoms with Gasteiger partial charge in [0.25, 0.3) is 0 Å². The summed E-state index contributed by atoms with van der Waals surface area (Å²) in [5.41, 5.74) is 1.42. The van der Waals surface area contributed by atoms with Gasteiger partial charge >= 0.3 is 6.03 Å². The molecule has 84 valence electrons. The smallest absolute Gasteiger partial charge is 0.315 e. The van der Waals surface area contributed by atoms with Crippen LogP contribution in [0.4, 0.5) is 4.79 Å². The summed E-state index contributed by atoms with van der Waals surface area (Å²) < 4.78 is 0. The van der Waals surface area contributed by atoms with Gasteiger partial charge in [-0.25, -0.2) is 4.79 Å². The van der Waals surface area contributed by atoms with Crippen LogP contribution in [0.15, 0.2) is 24.3 Å². The van der Waals surface area contributed by atoms with Gasteiger partial charge in [0, 0.05) is 13.1 Å². The van der Waals surface area contributed by atoms with E-state index in [1.165, 1.54) is 0 Å². The first-order valence-electron chi connectivity index (χ1n) is 4.88. The third kappa shape index (κ3) is 3.98. The Morgan fingerprint density at radius 3 is 2.94 bits per heavy atom. The van der Waals surface area contributed by atoms with Crippen LogP contribution >= 0.6 is 0 Å². The maximum atomic E-state index is 11.1. The number of nitrogens with one attached hydrogen (secondary N) is 2. The number of urea groups is 1. The molecule has 0 unspecified atom stereocenters. The van der Waals surface area contributed by atoms with Crippen LogP contribution in [0.25, 0.3) is 0 Å². The van der Waals surface area contributed by atoms with Crippen LogP contribution in [0.1, 0.15) is 11.1 Å². The minimum atomic E-state index is -0.337. The Hall–Kier alpha value is -2.06. The normalized spacial score (nSPS) is 9.25. The Kier molecular flexibility index (Phi) is 4.83. The quantitative estimate of drug-likeness (QED) is 0.683. The van der Waals surface area contributed by atoms with E-state index in [1.807, 2.05) is 12.1 Å². The summed E-state index contributed by atoms with van der Waals surface area (Å²) in [5, 5.41) is 22.2.